The smallest absolute Gasteiger partial charge is 0.124 e. The van der Waals surface area contributed by atoms with E-state index in [-0.39, 0.29) is 5.60 Å². The Morgan fingerprint density at radius 3 is 2.83 bits per heavy atom. The molecule has 1 heterocycles. The first-order valence-electron chi connectivity index (χ1n) is 7.26. The van der Waals surface area contributed by atoms with Gasteiger partial charge in [-0.3, -0.25) is 0 Å². The highest BCUT2D eigenvalue weighted by atomic mass is 16.5. The van der Waals surface area contributed by atoms with Crippen LogP contribution in [0.2, 0.25) is 0 Å². The lowest BCUT2D eigenvalue weighted by molar-refractivity contribution is -0.0175. The summed E-state index contributed by atoms with van der Waals surface area (Å²) in [5.41, 5.74) is 1.48. The van der Waals surface area contributed by atoms with E-state index in [4.69, 9.17) is 4.74 Å². The molecule has 2 saturated carbocycles. The van der Waals surface area contributed by atoms with Gasteiger partial charge in [0.05, 0.1) is 0 Å². The summed E-state index contributed by atoms with van der Waals surface area (Å²) in [4.78, 5) is 0. The molecule has 4 unspecified atom stereocenters. The van der Waals surface area contributed by atoms with Crippen LogP contribution >= 0.6 is 0 Å². The number of para-hydroxylation sites is 1. The summed E-state index contributed by atoms with van der Waals surface area (Å²) in [6.45, 7) is 0. The monoisotopic (exact) mass is 243 g/mol. The third-order valence-electron chi connectivity index (χ3n) is 5.43. The summed E-state index contributed by atoms with van der Waals surface area (Å²) in [7, 11) is 2.08. The zero-order valence-electron chi connectivity index (χ0n) is 11.0. The lowest BCUT2D eigenvalue weighted by Gasteiger charge is -2.45. The first kappa shape index (κ1) is 10.9. The molecule has 1 spiro atoms. The molecular formula is C16H21NO. The lowest BCUT2D eigenvalue weighted by atomic mass is 9.76. The minimum absolute atomic E-state index is 0.144. The van der Waals surface area contributed by atoms with Crippen molar-refractivity contribution in [1.29, 1.82) is 0 Å². The first-order valence-corrected chi connectivity index (χ1v) is 7.26. The second kappa shape index (κ2) is 3.74. The fourth-order valence-corrected chi connectivity index (χ4v) is 4.60. The molecule has 0 amide bonds. The van der Waals surface area contributed by atoms with Crippen molar-refractivity contribution in [3.63, 3.8) is 0 Å². The molecule has 2 nitrogen and oxygen atoms in total. The maximum absolute atomic E-state index is 6.51. The molecule has 4 rings (SSSR count). The van der Waals surface area contributed by atoms with E-state index in [1.807, 2.05) is 0 Å². The van der Waals surface area contributed by atoms with Crippen molar-refractivity contribution < 1.29 is 4.74 Å². The van der Waals surface area contributed by atoms with Crippen molar-refractivity contribution >= 4 is 0 Å². The van der Waals surface area contributed by atoms with E-state index in [2.05, 4.69) is 36.6 Å². The molecular weight excluding hydrogens is 222 g/mol. The van der Waals surface area contributed by atoms with Crippen molar-refractivity contribution in [2.24, 2.45) is 11.8 Å². The molecule has 1 N–H and O–H groups in total. The molecule has 4 atom stereocenters. The number of fused-ring (bicyclic) bond motifs is 4. The van der Waals surface area contributed by atoms with E-state index >= 15 is 0 Å². The van der Waals surface area contributed by atoms with Gasteiger partial charge in [0.15, 0.2) is 0 Å². The largest absolute Gasteiger partial charge is 0.487 e. The van der Waals surface area contributed by atoms with E-state index < -0.39 is 0 Å². The summed E-state index contributed by atoms with van der Waals surface area (Å²) < 4.78 is 6.51. The number of rotatable bonds is 1. The molecule has 1 aromatic rings. The van der Waals surface area contributed by atoms with Crippen LogP contribution in [0.5, 0.6) is 5.75 Å². The molecule has 0 aromatic heterocycles. The van der Waals surface area contributed by atoms with Crippen molar-refractivity contribution in [2.45, 2.75) is 43.7 Å². The molecule has 1 aromatic carbocycles. The second-order valence-electron chi connectivity index (χ2n) is 6.33. The highest BCUT2D eigenvalue weighted by Crippen LogP contribution is 2.57. The fourth-order valence-electron chi connectivity index (χ4n) is 4.60. The second-order valence-corrected chi connectivity index (χ2v) is 6.33. The van der Waals surface area contributed by atoms with Gasteiger partial charge in [-0.2, -0.15) is 0 Å². The minimum Gasteiger partial charge on any atom is -0.487 e. The van der Waals surface area contributed by atoms with Gasteiger partial charge in [0.25, 0.3) is 0 Å². The number of hydrogen-bond donors (Lipinski definition) is 1. The van der Waals surface area contributed by atoms with Crippen LogP contribution in [0, 0.1) is 11.8 Å². The summed E-state index contributed by atoms with van der Waals surface area (Å²) in [5, 5.41) is 3.49. The van der Waals surface area contributed by atoms with E-state index in [1.54, 1.807) is 0 Å². The Morgan fingerprint density at radius 2 is 2.11 bits per heavy atom. The van der Waals surface area contributed by atoms with E-state index in [9.17, 15) is 0 Å². The van der Waals surface area contributed by atoms with Gasteiger partial charge in [0.1, 0.15) is 11.4 Å². The third-order valence-corrected chi connectivity index (χ3v) is 5.43. The van der Waals surface area contributed by atoms with Gasteiger partial charge in [0.2, 0.25) is 0 Å². The SMILES string of the molecule is CNC1CC2(CC3CCC2C3)Oc2ccccc21. The molecule has 18 heavy (non-hydrogen) atoms. The van der Waals surface area contributed by atoms with Gasteiger partial charge in [-0.15, -0.1) is 0 Å². The Hall–Kier alpha value is -1.02. The standard InChI is InChI=1S/C16H21NO/c1-17-14-10-16(9-11-6-7-12(16)8-11)18-15-5-3-2-4-13(14)15/h2-5,11-12,14,17H,6-10H2,1H3. The van der Waals surface area contributed by atoms with Crippen molar-refractivity contribution in [3.8, 4) is 5.75 Å². The van der Waals surface area contributed by atoms with Gasteiger partial charge < -0.3 is 10.1 Å². The molecule has 2 heteroatoms. The van der Waals surface area contributed by atoms with Gasteiger partial charge in [0, 0.05) is 18.0 Å². The normalized spacial score (nSPS) is 40.8. The van der Waals surface area contributed by atoms with Crippen LogP contribution in [0.1, 0.15) is 43.7 Å². The van der Waals surface area contributed by atoms with Crippen LogP contribution in [0.3, 0.4) is 0 Å². The summed E-state index contributed by atoms with van der Waals surface area (Å²) >= 11 is 0. The molecule has 96 valence electrons. The van der Waals surface area contributed by atoms with Crippen LogP contribution in [-0.2, 0) is 0 Å². The third kappa shape index (κ3) is 1.38. The Labute approximate surface area is 109 Å². The molecule has 3 aliphatic rings. The summed E-state index contributed by atoms with van der Waals surface area (Å²) in [5.74, 6) is 2.85. The highest BCUT2D eigenvalue weighted by molar-refractivity contribution is 5.39. The Kier molecular flexibility index (Phi) is 2.25. The Balaban J connectivity index is 1.74. The fraction of sp³-hybridized carbons (Fsp3) is 0.625. The maximum Gasteiger partial charge on any atom is 0.124 e. The Morgan fingerprint density at radius 1 is 1.22 bits per heavy atom. The maximum atomic E-state index is 6.51. The molecule has 1 aliphatic heterocycles. The number of hydrogen-bond acceptors (Lipinski definition) is 2. The molecule has 0 radical (unpaired) electrons. The van der Waals surface area contributed by atoms with Crippen LogP contribution in [0.15, 0.2) is 24.3 Å². The van der Waals surface area contributed by atoms with Gasteiger partial charge in [-0.1, -0.05) is 18.2 Å². The van der Waals surface area contributed by atoms with Gasteiger partial charge in [-0.25, -0.2) is 0 Å². The van der Waals surface area contributed by atoms with Gasteiger partial charge >= 0.3 is 0 Å². The van der Waals surface area contributed by atoms with Crippen LogP contribution < -0.4 is 10.1 Å². The molecule has 2 bridgehead atoms. The number of ether oxygens (including phenoxy) is 1. The van der Waals surface area contributed by atoms with Crippen molar-refractivity contribution in [1.82, 2.24) is 5.32 Å². The zero-order chi connectivity index (χ0) is 12.2. The average molecular weight is 243 g/mol. The summed E-state index contributed by atoms with van der Waals surface area (Å²) in [6, 6.07) is 9.03. The first-order chi connectivity index (χ1) is 8.81. The van der Waals surface area contributed by atoms with Crippen molar-refractivity contribution in [3.05, 3.63) is 29.8 Å². The number of benzene rings is 1. The number of nitrogens with one attached hydrogen (secondary N) is 1. The van der Waals surface area contributed by atoms with Crippen LogP contribution in [0.4, 0.5) is 0 Å². The summed E-state index contributed by atoms with van der Waals surface area (Å²) in [6.07, 6.45) is 6.65. The predicted molar refractivity (Wildman–Crippen MR) is 71.7 cm³/mol. The quantitative estimate of drug-likeness (QED) is 0.817. The van der Waals surface area contributed by atoms with E-state index in [0.717, 1.165) is 24.0 Å². The zero-order valence-corrected chi connectivity index (χ0v) is 11.0. The Bertz CT molecular complexity index is 472. The van der Waals surface area contributed by atoms with Crippen molar-refractivity contribution in [2.75, 3.05) is 7.05 Å². The minimum atomic E-state index is 0.144. The lowest BCUT2D eigenvalue weighted by Crippen LogP contribution is -2.47. The van der Waals surface area contributed by atoms with Gasteiger partial charge in [-0.05, 0) is 50.6 Å². The molecule has 2 aliphatic carbocycles. The highest BCUT2D eigenvalue weighted by Gasteiger charge is 2.55. The predicted octanol–water partition coefficient (Wildman–Crippen LogP) is 3.29. The topological polar surface area (TPSA) is 21.3 Å². The van der Waals surface area contributed by atoms with E-state index in [0.29, 0.717) is 6.04 Å². The van der Waals surface area contributed by atoms with Crippen LogP contribution in [0.25, 0.3) is 0 Å². The molecule has 0 saturated heterocycles. The molecule has 2 fully saturated rings. The average Bonchev–Trinajstić information content (AvgIpc) is 2.98. The van der Waals surface area contributed by atoms with E-state index in [1.165, 1.54) is 31.2 Å². The van der Waals surface area contributed by atoms with Crippen LogP contribution in [-0.4, -0.2) is 12.6 Å².